The molecule has 1 aliphatic carbocycles. The van der Waals surface area contributed by atoms with E-state index in [4.69, 9.17) is 5.11 Å². The van der Waals surface area contributed by atoms with Gasteiger partial charge >= 0.3 is 0 Å². The van der Waals surface area contributed by atoms with Crippen LogP contribution in [0.3, 0.4) is 0 Å². The second-order valence-electron chi connectivity index (χ2n) is 5.95. The van der Waals surface area contributed by atoms with E-state index in [1.54, 1.807) is 0 Å². The zero-order valence-corrected chi connectivity index (χ0v) is 12.7. The van der Waals surface area contributed by atoms with Crippen LogP contribution in [0, 0.1) is 17.6 Å². The first-order chi connectivity index (χ1) is 10.5. The molecule has 1 amide bonds. The van der Waals surface area contributed by atoms with Crippen molar-refractivity contribution in [2.75, 3.05) is 25.5 Å². The Morgan fingerprint density at radius 2 is 1.95 bits per heavy atom. The van der Waals surface area contributed by atoms with E-state index in [1.165, 1.54) is 6.07 Å². The number of amides is 1. The summed E-state index contributed by atoms with van der Waals surface area (Å²) in [6.45, 7) is 0.431. The van der Waals surface area contributed by atoms with Crippen LogP contribution in [0.25, 0.3) is 0 Å². The van der Waals surface area contributed by atoms with Gasteiger partial charge in [0, 0.05) is 24.4 Å². The molecule has 2 rings (SSSR count). The molecular weight excluding hydrogens is 290 g/mol. The fourth-order valence-corrected chi connectivity index (χ4v) is 2.90. The first kappa shape index (κ1) is 16.8. The average molecular weight is 312 g/mol. The first-order valence-corrected chi connectivity index (χ1v) is 7.55. The van der Waals surface area contributed by atoms with Gasteiger partial charge < -0.3 is 10.4 Å². The predicted octanol–water partition coefficient (Wildman–Crippen LogP) is 2.39. The van der Waals surface area contributed by atoms with Crippen LogP contribution < -0.4 is 5.32 Å². The molecule has 0 heterocycles. The van der Waals surface area contributed by atoms with Gasteiger partial charge in [0.2, 0.25) is 5.91 Å². The van der Waals surface area contributed by atoms with Gasteiger partial charge in [0.15, 0.2) is 11.6 Å². The van der Waals surface area contributed by atoms with Crippen molar-refractivity contribution in [3.8, 4) is 0 Å². The standard InChI is InChI=1S/C16H22F2N2O2/c1-20(13-5-2-11(10-21)3-6-13)9-16(22)19-12-4-7-14(17)15(18)8-12/h4,7-8,11,13,21H,2-3,5-6,9-10H2,1H3,(H,19,22). The molecule has 0 unspecified atom stereocenters. The Morgan fingerprint density at radius 1 is 1.27 bits per heavy atom. The number of aliphatic hydroxyl groups is 1. The lowest BCUT2D eigenvalue weighted by molar-refractivity contribution is -0.117. The van der Waals surface area contributed by atoms with E-state index in [2.05, 4.69) is 5.32 Å². The van der Waals surface area contributed by atoms with Crippen molar-refractivity contribution >= 4 is 11.6 Å². The quantitative estimate of drug-likeness (QED) is 0.878. The van der Waals surface area contributed by atoms with E-state index in [0.717, 1.165) is 37.8 Å². The van der Waals surface area contributed by atoms with Gasteiger partial charge in [-0.05, 0) is 50.8 Å². The molecule has 1 saturated carbocycles. The molecule has 4 nitrogen and oxygen atoms in total. The van der Waals surface area contributed by atoms with Crippen LogP contribution in [0.1, 0.15) is 25.7 Å². The summed E-state index contributed by atoms with van der Waals surface area (Å²) in [6, 6.07) is 3.62. The summed E-state index contributed by atoms with van der Waals surface area (Å²) in [4.78, 5) is 13.9. The minimum atomic E-state index is -0.978. The number of carbonyl (C=O) groups is 1. The SMILES string of the molecule is CN(CC(=O)Nc1ccc(F)c(F)c1)C1CCC(CO)CC1. The largest absolute Gasteiger partial charge is 0.396 e. The molecule has 1 aromatic carbocycles. The smallest absolute Gasteiger partial charge is 0.238 e. The van der Waals surface area contributed by atoms with E-state index < -0.39 is 11.6 Å². The van der Waals surface area contributed by atoms with E-state index in [-0.39, 0.29) is 24.7 Å². The molecule has 0 aliphatic heterocycles. The van der Waals surface area contributed by atoms with Crippen molar-refractivity contribution in [1.29, 1.82) is 0 Å². The van der Waals surface area contributed by atoms with Crippen molar-refractivity contribution in [3.05, 3.63) is 29.8 Å². The lowest BCUT2D eigenvalue weighted by Gasteiger charge is -2.33. The van der Waals surface area contributed by atoms with Gasteiger partial charge in [-0.3, -0.25) is 9.69 Å². The normalized spacial score (nSPS) is 21.9. The molecule has 0 spiro atoms. The molecule has 122 valence electrons. The minimum Gasteiger partial charge on any atom is -0.396 e. The lowest BCUT2D eigenvalue weighted by atomic mass is 9.86. The third-order valence-corrected chi connectivity index (χ3v) is 4.29. The Bertz CT molecular complexity index is 517. The maximum absolute atomic E-state index is 13.1. The number of aliphatic hydroxyl groups excluding tert-OH is 1. The summed E-state index contributed by atoms with van der Waals surface area (Å²) in [6.07, 6.45) is 3.85. The molecule has 1 aromatic rings. The second kappa shape index (κ2) is 7.65. The molecule has 0 radical (unpaired) electrons. The third kappa shape index (κ3) is 4.48. The number of likely N-dealkylation sites (N-methyl/N-ethyl adjacent to an activating group) is 1. The van der Waals surface area contributed by atoms with Crippen molar-refractivity contribution < 1.29 is 18.7 Å². The Hall–Kier alpha value is -1.53. The van der Waals surface area contributed by atoms with E-state index in [0.29, 0.717) is 12.0 Å². The van der Waals surface area contributed by atoms with Gasteiger partial charge in [-0.1, -0.05) is 0 Å². The first-order valence-electron chi connectivity index (χ1n) is 7.55. The van der Waals surface area contributed by atoms with Gasteiger partial charge in [-0.15, -0.1) is 0 Å². The van der Waals surface area contributed by atoms with Crippen molar-refractivity contribution in [2.45, 2.75) is 31.7 Å². The van der Waals surface area contributed by atoms with Crippen LogP contribution in [0.15, 0.2) is 18.2 Å². The fraction of sp³-hybridized carbons (Fsp3) is 0.562. The van der Waals surface area contributed by atoms with Gasteiger partial charge in [-0.25, -0.2) is 8.78 Å². The molecule has 6 heteroatoms. The number of hydrogen-bond donors (Lipinski definition) is 2. The maximum atomic E-state index is 13.1. The van der Waals surface area contributed by atoms with Crippen LogP contribution in [0.5, 0.6) is 0 Å². The van der Waals surface area contributed by atoms with Crippen molar-refractivity contribution in [2.24, 2.45) is 5.92 Å². The highest BCUT2D eigenvalue weighted by molar-refractivity contribution is 5.92. The zero-order valence-electron chi connectivity index (χ0n) is 12.7. The molecule has 1 aliphatic rings. The molecular formula is C16H22F2N2O2. The van der Waals surface area contributed by atoms with Gasteiger partial charge in [-0.2, -0.15) is 0 Å². The Balaban J connectivity index is 1.82. The lowest BCUT2D eigenvalue weighted by Crippen LogP contribution is -2.40. The monoisotopic (exact) mass is 312 g/mol. The van der Waals surface area contributed by atoms with E-state index in [1.807, 2.05) is 11.9 Å². The van der Waals surface area contributed by atoms with Gasteiger partial charge in [0.1, 0.15) is 0 Å². The van der Waals surface area contributed by atoms with Gasteiger partial charge in [0.25, 0.3) is 0 Å². The minimum absolute atomic E-state index is 0.202. The summed E-state index contributed by atoms with van der Waals surface area (Å²) < 4.78 is 25.9. The number of rotatable bonds is 5. The van der Waals surface area contributed by atoms with Crippen LogP contribution in [0.4, 0.5) is 14.5 Å². The number of hydrogen-bond acceptors (Lipinski definition) is 3. The summed E-state index contributed by atoms with van der Waals surface area (Å²) >= 11 is 0. The van der Waals surface area contributed by atoms with Crippen LogP contribution in [0.2, 0.25) is 0 Å². The summed E-state index contributed by atoms with van der Waals surface area (Å²) in [7, 11) is 1.88. The number of carbonyl (C=O) groups excluding carboxylic acids is 1. The predicted molar refractivity (Wildman–Crippen MR) is 80.4 cm³/mol. The third-order valence-electron chi connectivity index (χ3n) is 4.29. The second-order valence-corrected chi connectivity index (χ2v) is 5.95. The topological polar surface area (TPSA) is 52.6 Å². The Labute approximate surface area is 129 Å². The highest BCUT2D eigenvalue weighted by atomic mass is 19.2. The Kier molecular flexibility index (Phi) is 5.85. The van der Waals surface area contributed by atoms with E-state index in [9.17, 15) is 13.6 Å². The number of anilines is 1. The van der Waals surface area contributed by atoms with Gasteiger partial charge in [0.05, 0.1) is 6.54 Å². The van der Waals surface area contributed by atoms with Crippen LogP contribution >= 0.6 is 0 Å². The van der Waals surface area contributed by atoms with E-state index >= 15 is 0 Å². The number of benzene rings is 1. The summed E-state index contributed by atoms with van der Waals surface area (Å²) in [5, 5.41) is 11.7. The molecule has 0 aromatic heterocycles. The number of nitrogens with zero attached hydrogens (tertiary/aromatic N) is 1. The highest BCUT2D eigenvalue weighted by Gasteiger charge is 2.24. The number of nitrogens with one attached hydrogen (secondary N) is 1. The highest BCUT2D eigenvalue weighted by Crippen LogP contribution is 2.26. The zero-order chi connectivity index (χ0) is 16.1. The van der Waals surface area contributed by atoms with Crippen LogP contribution in [-0.2, 0) is 4.79 Å². The maximum Gasteiger partial charge on any atom is 0.238 e. The molecule has 22 heavy (non-hydrogen) atoms. The average Bonchev–Trinajstić information content (AvgIpc) is 2.51. The molecule has 0 saturated heterocycles. The van der Waals surface area contributed by atoms with Crippen molar-refractivity contribution in [3.63, 3.8) is 0 Å². The molecule has 0 atom stereocenters. The summed E-state index contributed by atoms with van der Waals surface area (Å²) in [5.74, 6) is -1.79. The fourth-order valence-electron chi connectivity index (χ4n) is 2.90. The Morgan fingerprint density at radius 3 is 2.55 bits per heavy atom. The summed E-state index contributed by atoms with van der Waals surface area (Å²) in [5.41, 5.74) is 0.251. The molecule has 0 bridgehead atoms. The van der Waals surface area contributed by atoms with Crippen LogP contribution in [-0.4, -0.2) is 42.2 Å². The molecule has 1 fully saturated rings. The van der Waals surface area contributed by atoms with Crippen molar-refractivity contribution in [1.82, 2.24) is 4.90 Å². The molecule has 2 N–H and O–H groups in total. The number of halogens is 2.